The Balaban J connectivity index is 2.67. The van der Waals surface area contributed by atoms with Gasteiger partial charge in [-0.2, -0.15) is 10.1 Å². The molecule has 0 spiro atoms. The van der Waals surface area contributed by atoms with Crippen LogP contribution in [0.1, 0.15) is 0 Å². The van der Waals surface area contributed by atoms with Crippen LogP contribution < -0.4 is 10.6 Å². The molecule has 0 unspecified atom stereocenters. The lowest BCUT2D eigenvalue weighted by Crippen LogP contribution is -2.42. The summed E-state index contributed by atoms with van der Waals surface area (Å²) in [6.07, 6.45) is 0. The third-order valence-corrected chi connectivity index (χ3v) is 1.62. The number of hydrogen-bond acceptors (Lipinski definition) is 6. The maximum atomic E-state index is 11.0. The molecule has 2 N–H and O–H groups in total. The number of hydrogen-bond donors (Lipinski definition) is 2. The van der Waals surface area contributed by atoms with Crippen LogP contribution in [0, 0.1) is 0 Å². The highest BCUT2D eigenvalue weighted by molar-refractivity contribution is 6.01. The van der Waals surface area contributed by atoms with Crippen molar-refractivity contribution >= 4 is 18.0 Å². The molecule has 1 aliphatic rings. The van der Waals surface area contributed by atoms with E-state index in [1.54, 1.807) is 0 Å². The third-order valence-electron chi connectivity index (χ3n) is 1.62. The molecule has 0 aromatic heterocycles. The molecule has 84 valence electrons. The van der Waals surface area contributed by atoms with Crippen LogP contribution in [0.5, 0.6) is 0 Å². The Bertz CT molecular complexity index is 301. The summed E-state index contributed by atoms with van der Waals surface area (Å²) < 4.78 is 4.94. The molecule has 0 fully saturated rings. The van der Waals surface area contributed by atoms with Crippen molar-refractivity contribution in [2.75, 3.05) is 27.9 Å². The van der Waals surface area contributed by atoms with Crippen LogP contribution in [0.4, 0.5) is 4.79 Å². The van der Waals surface area contributed by atoms with Crippen LogP contribution >= 0.6 is 0 Å². The number of nitrogens with one attached hydrogen (secondary N) is 2. The average Bonchev–Trinajstić information content (AvgIpc) is 2.28. The maximum absolute atomic E-state index is 11.0. The minimum absolute atomic E-state index is 0.180. The van der Waals surface area contributed by atoms with Gasteiger partial charge in [0.25, 0.3) is 0 Å². The average molecular weight is 215 g/mol. The predicted octanol–water partition coefficient (Wildman–Crippen LogP) is -0.892. The fraction of sp³-hybridized carbons (Fsp3) is 0.571. The number of urea groups is 1. The van der Waals surface area contributed by atoms with E-state index >= 15 is 0 Å². The molecule has 2 amide bonds. The van der Waals surface area contributed by atoms with E-state index in [1.807, 2.05) is 0 Å². The van der Waals surface area contributed by atoms with E-state index in [1.165, 1.54) is 26.3 Å². The molecule has 0 radical (unpaired) electrons. The van der Waals surface area contributed by atoms with Crippen LogP contribution in [-0.2, 0) is 9.57 Å². The molecule has 0 saturated heterocycles. The minimum Gasteiger partial charge on any atom is -0.467 e. The topological polar surface area (TPSA) is 87.6 Å². The summed E-state index contributed by atoms with van der Waals surface area (Å²) in [5.74, 6) is 0.180. The smallest absolute Gasteiger partial charge is 0.321 e. The van der Waals surface area contributed by atoms with E-state index in [4.69, 9.17) is 9.57 Å². The van der Waals surface area contributed by atoms with Crippen molar-refractivity contribution in [1.29, 1.82) is 0 Å². The first-order valence-corrected chi connectivity index (χ1v) is 4.18. The second-order valence-corrected chi connectivity index (χ2v) is 2.49. The Labute approximate surface area is 86.9 Å². The molecular formula is C7H13N5O3. The monoisotopic (exact) mass is 215 g/mol. The summed E-state index contributed by atoms with van der Waals surface area (Å²) >= 11 is 0. The zero-order chi connectivity index (χ0) is 11.3. The highest BCUT2D eigenvalue weighted by atomic mass is 16.7. The first-order chi connectivity index (χ1) is 7.21. The summed E-state index contributed by atoms with van der Waals surface area (Å²) in [5.41, 5.74) is 0. The highest BCUT2D eigenvalue weighted by Crippen LogP contribution is 2.00. The Morgan fingerprint density at radius 3 is 2.80 bits per heavy atom. The largest absolute Gasteiger partial charge is 0.467 e. The molecule has 8 nitrogen and oxygen atoms in total. The fourth-order valence-corrected chi connectivity index (χ4v) is 0.888. The molecule has 0 atom stereocenters. The lowest BCUT2D eigenvalue weighted by Gasteiger charge is -2.22. The lowest BCUT2D eigenvalue weighted by atomic mass is 10.7. The van der Waals surface area contributed by atoms with E-state index in [9.17, 15) is 4.79 Å². The van der Waals surface area contributed by atoms with Crippen molar-refractivity contribution < 1.29 is 14.4 Å². The first-order valence-electron chi connectivity index (χ1n) is 4.18. The van der Waals surface area contributed by atoms with Crippen molar-refractivity contribution in [2.24, 2.45) is 9.98 Å². The summed E-state index contributed by atoms with van der Waals surface area (Å²) in [7, 11) is 4.43. The van der Waals surface area contributed by atoms with Gasteiger partial charge < -0.3 is 10.1 Å². The number of nitrogens with zero attached hydrogens (tertiary/aromatic N) is 3. The normalized spacial score (nSPS) is 15.3. The maximum Gasteiger partial charge on any atom is 0.321 e. The van der Waals surface area contributed by atoms with Gasteiger partial charge in [-0.05, 0) is 0 Å². The number of amides is 2. The molecule has 0 aliphatic carbocycles. The van der Waals surface area contributed by atoms with Gasteiger partial charge in [0, 0.05) is 7.05 Å². The van der Waals surface area contributed by atoms with E-state index in [0.717, 1.165) is 0 Å². The molecular weight excluding hydrogens is 202 g/mol. The summed E-state index contributed by atoms with van der Waals surface area (Å²) in [4.78, 5) is 23.7. The van der Waals surface area contributed by atoms with Crippen molar-refractivity contribution in [2.45, 2.75) is 0 Å². The standard InChI is InChI=1S/C7H13N5O3/c1-8-6(13)10-5-9-4-12(15-3)7(11-5)14-2/h4H2,1-3H3,(H2,8,9,10,13). The number of ether oxygens (including phenoxy) is 1. The number of rotatable bonds is 1. The van der Waals surface area contributed by atoms with Gasteiger partial charge >= 0.3 is 12.1 Å². The Kier molecular flexibility index (Phi) is 3.86. The zero-order valence-electron chi connectivity index (χ0n) is 8.77. The molecule has 15 heavy (non-hydrogen) atoms. The number of methoxy groups -OCH3 is 1. The summed E-state index contributed by atoms with van der Waals surface area (Å²) in [5, 5.41) is 6.15. The third kappa shape index (κ3) is 2.81. The molecule has 0 bridgehead atoms. The molecule has 1 heterocycles. The van der Waals surface area contributed by atoms with Crippen molar-refractivity contribution in [1.82, 2.24) is 15.7 Å². The number of guanidine groups is 1. The van der Waals surface area contributed by atoms with Gasteiger partial charge in [0.1, 0.15) is 6.67 Å². The first kappa shape index (κ1) is 11.2. The quantitative estimate of drug-likeness (QED) is 0.594. The van der Waals surface area contributed by atoms with Crippen LogP contribution in [-0.4, -0.2) is 51.0 Å². The number of carbonyl (C=O) groups is 1. The van der Waals surface area contributed by atoms with E-state index in [2.05, 4.69) is 20.6 Å². The number of amidine groups is 1. The van der Waals surface area contributed by atoms with Gasteiger partial charge in [-0.25, -0.2) is 9.79 Å². The van der Waals surface area contributed by atoms with Gasteiger partial charge in [-0.3, -0.25) is 10.2 Å². The van der Waals surface area contributed by atoms with Crippen LogP contribution in [0.15, 0.2) is 9.98 Å². The Morgan fingerprint density at radius 2 is 2.27 bits per heavy atom. The number of hydroxylamine groups is 2. The van der Waals surface area contributed by atoms with E-state index < -0.39 is 0 Å². The van der Waals surface area contributed by atoms with Gasteiger partial charge in [0.05, 0.1) is 14.2 Å². The van der Waals surface area contributed by atoms with E-state index in [-0.39, 0.29) is 24.7 Å². The van der Waals surface area contributed by atoms with Crippen molar-refractivity contribution in [3.63, 3.8) is 0 Å². The number of carbonyl (C=O) groups excluding carboxylic acids is 1. The summed E-state index contributed by atoms with van der Waals surface area (Å²) in [6.45, 7) is 0.211. The van der Waals surface area contributed by atoms with Crippen LogP contribution in [0.25, 0.3) is 0 Å². The van der Waals surface area contributed by atoms with Crippen LogP contribution in [0.3, 0.4) is 0 Å². The second kappa shape index (κ2) is 5.15. The summed E-state index contributed by atoms with van der Waals surface area (Å²) in [6, 6.07) is -0.155. The van der Waals surface area contributed by atoms with Crippen LogP contribution in [0.2, 0.25) is 0 Å². The molecule has 1 rings (SSSR count). The van der Waals surface area contributed by atoms with Crippen molar-refractivity contribution in [3.05, 3.63) is 0 Å². The zero-order valence-corrected chi connectivity index (χ0v) is 8.77. The van der Waals surface area contributed by atoms with Gasteiger partial charge in [0.2, 0.25) is 5.96 Å². The van der Waals surface area contributed by atoms with Gasteiger partial charge in [0.15, 0.2) is 0 Å². The SMILES string of the molecule is CNC(=O)NC1=NCN(OC)C(OC)=N1. The molecule has 0 saturated carbocycles. The Morgan fingerprint density at radius 1 is 1.53 bits per heavy atom. The molecule has 0 aromatic rings. The second-order valence-electron chi connectivity index (χ2n) is 2.49. The van der Waals surface area contributed by atoms with Gasteiger partial charge in [-0.1, -0.05) is 0 Å². The van der Waals surface area contributed by atoms with Crippen molar-refractivity contribution in [3.8, 4) is 0 Å². The van der Waals surface area contributed by atoms with Gasteiger partial charge in [-0.15, -0.1) is 0 Å². The molecule has 8 heteroatoms. The fourth-order valence-electron chi connectivity index (χ4n) is 0.888. The lowest BCUT2D eigenvalue weighted by molar-refractivity contribution is -0.0813. The minimum atomic E-state index is -0.390. The van der Waals surface area contributed by atoms with E-state index in [0.29, 0.717) is 0 Å². The predicted molar refractivity (Wildman–Crippen MR) is 53.2 cm³/mol. The molecule has 1 aliphatic heterocycles. The number of aliphatic imine (C=N–C) groups is 2. The Hall–Kier alpha value is -1.83. The molecule has 0 aromatic carbocycles. The highest BCUT2D eigenvalue weighted by Gasteiger charge is 2.18.